The average molecular weight is 424 g/mol. The SMILES string of the molecule is CCCCCC(Oc1cc(OCc2ccsc2)ccc1C(N)=O)c1ccccc1C. The second kappa shape index (κ2) is 10.8. The summed E-state index contributed by atoms with van der Waals surface area (Å²) in [6.07, 6.45) is 4.05. The summed E-state index contributed by atoms with van der Waals surface area (Å²) in [5.41, 5.74) is 9.40. The molecule has 3 rings (SSSR count). The van der Waals surface area contributed by atoms with Gasteiger partial charge in [-0.05, 0) is 65.4 Å². The van der Waals surface area contributed by atoms with E-state index in [2.05, 4.69) is 31.4 Å². The second-order valence-electron chi connectivity index (χ2n) is 7.40. The highest BCUT2D eigenvalue weighted by molar-refractivity contribution is 7.07. The standard InChI is InChI=1S/C25H29NO3S/c1-3-4-5-10-23(21-9-7-6-8-18(21)2)29-24-15-20(11-12-22(24)25(26)27)28-16-19-13-14-30-17-19/h6-9,11-15,17,23H,3-5,10,16H2,1-2H3,(H2,26,27). The van der Waals surface area contributed by atoms with E-state index in [1.165, 1.54) is 5.56 Å². The van der Waals surface area contributed by atoms with Gasteiger partial charge in [0.25, 0.3) is 5.91 Å². The third-order valence-electron chi connectivity index (χ3n) is 5.08. The lowest BCUT2D eigenvalue weighted by Crippen LogP contribution is -2.16. The monoisotopic (exact) mass is 423 g/mol. The number of ether oxygens (including phenoxy) is 2. The molecular weight excluding hydrogens is 394 g/mol. The fourth-order valence-corrected chi connectivity index (χ4v) is 4.05. The highest BCUT2D eigenvalue weighted by Gasteiger charge is 2.19. The number of hydrogen-bond donors (Lipinski definition) is 1. The number of amides is 1. The number of rotatable bonds is 11. The van der Waals surface area contributed by atoms with E-state index in [9.17, 15) is 4.79 Å². The topological polar surface area (TPSA) is 61.6 Å². The molecule has 0 saturated heterocycles. The van der Waals surface area contributed by atoms with Crippen molar-refractivity contribution in [3.8, 4) is 11.5 Å². The Labute approximate surface area is 182 Å². The number of benzene rings is 2. The van der Waals surface area contributed by atoms with E-state index >= 15 is 0 Å². The summed E-state index contributed by atoms with van der Waals surface area (Å²) in [5, 5.41) is 4.07. The Morgan fingerprint density at radius 2 is 1.97 bits per heavy atom. The summed E-state index contributed by atoms with van der Waals surface area (Å²) in [6.45, 7) is 4.74. The molecule has 0 aliphatic heterocycles. The van der Waals surface area contributed by atoms with Gasteiger partial charge >= 0.3 is 0 Å². The number of hydrogen-bond acceptors (Lipinski definition) is 4. The number of carbonyl (C=O) groups excluding carboxylic acids is 1. The van der Waals surface area contributed by atoms with Crippen LogP contribution in [-0.2, 0) is 6.61 Å². The van der Waals surface area contributed by atoms with Gasteiger partial charge < -0.3 is 15.2 Å². The molecule has 0 spiro atoms. The van der Waals surface area contributed by atoms with E-state index in [-0.39, 0.29) is 6.10 Å². The Morgan fingerprint density at radius 3 is 2.67 bits per heavy atom. The minimum absolute atomic E-state index is 0.150. The summed E-state index contributed by atoms with van der Waals surface area (Å²) in [6, 6.07) is 15.5. The van der Waals surface area contributed by atoms with E-state index in [0.717, 1.165) is 36.8 Å². The van der Waals surface area contributed by atoms with Crippen LogP contribution >= 0.6 is 11.3 Å². The number of nitrogens with two attached hydrogens (primary N) is 1. The Bertz CT molecular complexity index is 953. The molecule has 1 atom stereocenters. The largest absolute Gasteiger partial charge is 0.489 e. The molecule has 1 unspecified atom stereocenters. The highest BCUT2D eigenvalue weighted by atomic mass is 32.1. The van der Waals surface area contributed by atoms with E-state index in [1.807, 2.05) is 23.6 Å². The zero-order valence-corrected chi connectivity index (χ0v) is 18.4. The highest BCUT2D eigenvalue weighted by Crippen LogP contribution is 2.33. The van der Waals surface area contributed by atoms with Gasteiger partial charge in [-0.15, -0.1) is 0 Å². The first-order valence-electron chi connectivity index (χ1n) is 10.4. The van der Waals surface area contributed by atoms with E-state index in [1.54, 1.807) is 29.5 Å². The molecule has 30 heavy (non-hydrogen) atoms. The number of thiophene rings is 1. The second-order valence-corrected chi connectivity index (χ2v) is 8.18. The maximum Gasteiger partial charge on any atom is 0.252 e. The van der Waals surface area contributed by atoms with E-state index < -0.39 is 5.91 Å². The van der Waals surface area contributed by atoms with Gasteiger partial charge in [-0.2, -0.15) is 11.3 Å². The molecule has 0 bridgehead atoms. The van der Waals surface area contributed by atoms with Crippen LogP contribution in [0.4, 0.5) is 0 Å². The van der Waals surface area contributed by atoms with Crippen LogP contribution in [0.3, 0.4) is 0 Å². The third-order valence-corrected chi connectivity index (χ3v) is 5.81. The van der Waals surface area contributed by atoms with Crippen molar-refractivity contribution in [1.82, 2.24) is 0 Å². The van der Waals surface area contributed by atoms with Crippen LogP contribution in [0.5, 0.6) is 11.5 Å². The van der Waals surface area contributed by atoms with E-state index in [4.69, 9.17) is 15.2 Å². The molecule has 0 aliphatic rings. The third kappa shape index (κ3) is 5.86. The Hall–Kier alpha value is -2.79. The van der Waals surface area contributed by atoms with Crippen molar-refractivity contribution in [2.24, 2.45) is 5.73 Å². The molecule has 2 N–H and O–H groups in total. The zero-order chi connectivity index (χ0) is 21.3. The summed E-state index contributed by atoms with van der Waals surface area (Å²) >= 11 is 1.64. The summed E-state index contributed by atoms with van der Waals surface area (Å²) < 4.78 is 12.3. The van der Waals surface area contributed by atoms with Crippen LogP contribution in [0.1, 0.15) is 65.8 Å². The first-order chi connectivity index (χ1) is 14.6. The summed E-state index contributed by atoms with van der Waals surface area (Å²) in [5.74, 6) is 0.611. The van der Waals surface area contributed by atoms with Gasteiger partial charge in [-0.25, -0.2) is 0 Å². The van der Waals surface area contributed by atoms with Crippen LogP contribution < -0.4 is 15.2 Å². The number of unbranched alkanes of at least 4 members (excludes halogenated alkanes) is 2. The van der Waals surface area contributed by atoms with Crippen LogP contribution in [0.25, 0.3) is 0 Å². The summed E-state index contributed by atoms with van der Waals surface area (Å²) in [4.78, 5) is 12.0. The lowest BCUT2D eigenvalue weighted by molar-refractivity contribution is 0.0991. The maximum absolute atomic E-state index is 12.0. The molecule has 158 valence electrons. The van der Waals surface area contributed by atoms with Gasteiger partial charge in [0, 0.05) is 6.07 Å². The maximum atomic E-state index is 12.0. The average Bonchev–Trinajstić information content (AvgIpc) is 3.26. The van der Waals surface area contributed by atoms with Gasteiger partial charge in [0.2, 0.25) is 0 Å². The van der Waals surface area contributed by atoms with Crippen molar-refractivity contribution in [3.05, 3.63) is 81.5 Å². The van der Waals surface area contributed by atoms with Crippen molar-refractivity contribution in [2.45, 2.75) is 52.2 Å². The molecule has 2 aromatic carbocycles. The van der Waals surface area contributed by atoms with E-state index in [0.29, 0.717) is 23.7 Å². The first kappa shape index (κ1) is 21.9. The smallest absolute Gasteiger partial charge is 0.252 e. The Balaban J connectivity index is 1.86. The molecule has 0 aliphatic carbocycles. The van der Waals surface area contributed by atoms with Gasteiger partial charge in [0.05, 0.1) is 5.56 Å². The molecule has 3 aromatic rings. The van der Waals surface area contributed by atoms with Crippen molar-refractivity contribution < 1.29 is 14.3 Å². The van der Waals surface area contributed by atoms with Gasteiger partial charge in [-0.3, -0.25) is 4.79 Å². The molecule has 1 amide bonds. The van der Waals surface area contributed by atoms with Gasteiger partial charge in [0.15, 0.2) is 0 Å². The molecule has 1 aromatic heterocycles. The molecule has 4 nitrogen and oxygen atoms in total. The van der Waals surface area contributed by atoms with Crippen molar-refractivity contribution in [2.75, 3.05) is 0 Å². The lowest BCUT2D eigenvalue weighted by Gasteiger charge is -2.23. The number of primary amides is 1. The molecule has 1 heterocycles. The lowest BCUT2D eigenvalue weighted by atomic mass is 9.98. The quantitative estimate of drug-likeness (QED) is 0.361. The minimum Gasteiger partial charge on any atom is -0.489 e. The van der Waals surface area contributed by atoms with Crippen molar-refractivity contribution >= 4 is 17.2 Å². The van der Waals surface area contributed by atoms with Crippen molar-refractivity contribution in [1.29, 1.82) is 0 Å². The predicted octanol–water partition coefficient (Wildman–Crippen LogP) is 6.43. The van der Waals surface area contributed by atoms with Crippen LogP contribution in [0, 0.1) is 6.92 Å². The van der Waals surface area contributed by atoms with Crippen LogP contribution in [-0.4, -0.2) is 5.91 Å². The molecule has 0 saturated carbocycles. The zero-order valence-electron chi connectivity index (χ0n) is 17.6. The first-order valence-corrected chi connectivity index (χ1v) is 11.3. The minimum atomic E-state index is -0.508. The number of carbonyl (C=O) groups is 1. The van der Waals surface area contributed by atoms with Crippen LogP contribution in [0.15, 0.2) is 59.3 Å². The molecule has 5 heteroatoms. The molecular formula is C25H29NO3S. The van der Waals surface area contributed by atoms with Crippen molar-refractivity contribution in [3.63, 3.8) is 0 Å². The normalized spacial score (nSPS) is 11.8. The predicted molar refractivity (Wildman–Crippen MR) is 122 cm³/mol. The Kier molecular flexibility index (Phi) is 7.91. The fraction of sp³-hybridized carbons (Fsp3) is 0.320. The number of aryl methyl sites for hydroxylation is 1. The van der Waals surface area contributed by atoms with Crippen LogP contribution in [0.2, 0.25) is 0 Å². The van der Waals surface area contributed by atoms with Gasteiger partial charge in [-0.1, -0.05) is 44.0 Å². The fourth-order valence-electron chi connectivity index (χ4n) is 3.39. The molecule has 0 fully saturated rings. The molecule has 0 radical (unpaired) electrons. The van der Waals surface area contributed by atoms with Gasteiger partial charge in [0.1, 0.15) is 24.2 Å². The summed E-state index contributed by atoms with van der Waals surface area (Å²) in [7, 11) is 0. The Morgan fingerprint density at radius 1 is 1.13 bits per heavy atom.